The summed E-state index contributed by atoms with van der Waals surface area (Å²) in [7, 11) is 4.57. The number of aromatic amines is 2. The number of thiazole rings is 1. The molecule has 0 saturated carbocycles. The van der Waals surface area contributed by atoms with E-state index in [1.54, 1.807) is 16.8 Å². The Bertz CT molecular complexity index is 1320. The van der Waals surface area contributed by atoms with E-state index in [1.165, 1.54) is 21.3 Å². The summed E-state index contributed by atoms with van der Waals surface area (Å²) in [6.07, 6.45) is 0. The largest absolute Gasteiger partial charge is 0.493 e. The van der Waals surface area contributed by atoms with Crippen LogP contribution in [0.5, 0.6) is 17.2 Å². The van der Waals surface area contributed by atoms with Crippen molar-refractivity contribution in [2.45, 2.75) is 19.9 Å². The molecule has 29 heavy (non-hydrogen) atoms. The minimum atomic E-state index is -0.285. The van der Waals surface area contributed by atoms with Gasteiger partial charge in [-0.3, -0.25) is 24.4 Å². The van der Waals surface area contributed by atoms with Crippen molar-refractivity contribution in [1.29, 1.82) is 0 Å². The van der Waals surface area contributed by atoms with Gasteiger partial charge in [-0.15, -0.1) is 0 Å². The normalized spacial score (nSPS) is 11.5. The first-order valence-corrected chi connectivity index (χ1v) is 9.68. The van der Waals surface area contributed by atoms with Gasteiger partial charge in [-0.2, -0.15) is 0 Å². The van der Waals surface area contributed by atoms with Gasteiger partial charge in [-0.05, 0) is 31.5 Å². The van der Waals surface area contributed by atoms with Crippen LogP contribution in [0.1, 0.15) is 19.9 Å². The number of methoxy groups -OCH3 is 3. The molecule has 0 bridgehead atoms. The highest BCUT2D eigenvalue weighted by Crippen LogP contribution is 2.44. The molecule has 1 aromatic carbocycles. The molecular weight excluding hydrogens is 396 g/mol. The van der Waals surface area contributed by atoms with Gasteiger partial charge in [0.05, 0.1) is 31.4 Å². The van der Waals surface area contributed by atoms with Gasteiger partial charge in [0.1, 0.15) is 0 Å². The molecule has 0 aliphatic heterocycles. The van der Waals surface area contributed by atoms with Crippen molar-refractivity contribution in [2.24, 2.45) is 0 Å². The minimum Gasteiger partial charge on any atom is -0.493 e. The van der Waals surface area contributed by atoms with Crippen LogP contribution in [-0.2, 0) is 0 Å². The molecule has 4 rings (SSSR count). The number of hydrogen-bond donors (Lipinski definition) is 2. The van der Waals surface area contributed by atoms with Crippen LogP contribution in [0.2, 0.25) is 0 Å². The minimum absolute atomic E-state index is 0.0247. The lowest BCUT2D eigenvalue weighted by molar-refractivity contribution is 0.324. The van der Waals surface area contributed by atoms with E-state index in [1.807, 2.05) is 13.8 Å². The summed E-state index contributed by atoms with van der Waals surface area (Å²) in [5, 5.41) is 3.24. The van der Waals surface area contributed by atoms with Crippen LogP contribution in [0.25, 0.3) is 32.5 Å². The van der Waals surface area contributed by atoms with Crippen molar-refractivity contribution in [3.8, 4) is 28.4 Å². The van der Waals surface area contributed by atoms with Crippen molar-refractivity contribution in [1.82, 2.24) is 19.7 Å². The summed E-state index contributed by atoms with van der Waals surface area (Å²) in [6.45, 7) is 3.88. The molecule has 9 nitrogen and oxygen atoms in total. The van der Waals surface area contributed by atoms with Crippen molar-refractivity contribution in [3.05, 3.63) is 32.2 Å². The Morgan fingerprint density at radius 2 is 1.72 bits per heavy atom. The van der Waals surface area contributed by atoms with Crippen LogP contribution < -0.4 is 24.6 Å². The molecule has 3 heterocycles. The Morgan fingerprint density at radius 1 is 1.07 bits per heavy atom. The molecule has 3 aromatic heterocycles. The Labute approximate surface area is 168 Å². The van der Waals surface area contributed by atoms with E-state index in [2.05, 4.69) is 15.1 Å². The maximum atomic E-state index is 12.9. The second kappa shape index (κ2) is 6.96. The quantitative estimate of drug-likeness (QED) is 0.517. The molecule has 0 radical (unpaired) electrons. The number of H-pyrrole nitrogens is 2. The van der Waals surface area contributed by atoms with Gasteiger partial charge in [0.25, 0.3) is 5.56 Å². The van der Waals surface area contributed by atoms with E-state index in [9.17, 15) is 9.59 Å². The van der Waals surface area contributed by atoms with Crippen LogP contribution in [-0.4, -0.2) is 41.1 Å². The molecule has 2 N–H and O–H groups in total. The van der Waals surface area contributed by atoms with Crippen molar-refractivity contribution in [3.63, 3.8) is 0 Å². The third kappa shape index (κ3) is 2.87. The number of fused-ring (bicyclic) bond motifs is 2. The Morgan fingerprint density at radius 3 is 2.28 bits per heavy atom. The highest BCUT2D eigenvalue weighted by Gasteiger charge is 2.23. The predicted octanol–water partition coefficient (Wildman–Crippen LogP) is 2.90. The SMILES string of the molecule is COc1cc(-c2c3sc(=O)[nH]c3nc3c2c(=O)[nH]n3C(C)C)cc(OC)c1OC. The number of aromatic nitrogens is 4. The van der Waals surface area contributed by atoms with E-state index in [-0.39, 0.29) is 16.5 Å². The summed E-state index contributed by atoms with van der Waals surface area (Å²) in [5.74, 6) is 1.33. The number of benzene rings is 1. The number of nitrogens with zero attached hydrogens (tertiary/aromatic N) is 2. The van der Waals surface area contributed by atoms with E-state index in [4.69, 9.17) is 14.2 Å². The predicted molar refractivity (Wildman–Crippen MR) is 112 cm³/mol. The van der Waals surface area contributed by atoms with Crippen LogP contribution in [0.3, 0.4) is 0 Å². The van der Waals surface area contributed by atoms with Crippen LogP contribution in [0, 0.1) is 0 Å². The van der Waals surface area contributed by atoms with Gasteiger partial charge < -0.3 is 14.2 Å². The zero-order valence-corrected chi connectivity index (χ0v) is 17.4. The summed E-state index contributed by atoms with van der Waals surface area (Å²) in [4.78, 5) is 32.0. The lowest BCUT2D eigenvalue weighted by atomic mass is 10.0. The van der Waals surface area contributed by atoms with Crippen molar-refractivity contribution in [2.75, 3.05) is 21.3 Å². The van der Waals surface area contributed by atoms with Crippen LogP contribution in [0.4, 0.5) is 0 Å². The lowest BCUT2D eigenvalue weighted by Crippen LogP contribution is -2.08. The van der Waals surface area contributed by atoms with Gasteiger partial charge in [0, 0.05) is 11.6 Å². The average molecular weight is 416 g/mol. The Hall–Kier alpha value is -3.27. The maximum absolute atomic E-state index is 12.9. The van der Waals surface area contributed by atoms with Gasteiger partial charge >= 0.3 is 4.87 Å². The average Bonchev–Trinajstić information content (AvgIpc) is 3.23. The second-order valence-electron chi connectivity index (χ2n) is 6.70. The Kier molecular flexibility index (Phi) is 4.58. The molecule has 0 aliphatic rings. The summed E-state index contributed by atoms with van der Waals surface area (Å²) in [6, 6.07) is 3.49. The fraction of sp³-hybridized carbons (Fsp3) is 0.316. The van der Waals surface area contributed by atoms with E-state index in [0.717, 1.165) is 11.3 Å². The highest BCUT2D eigenvalue weighted by atomic mass is 32.1. The molecule has 0 atom stereocenters. The lowest BCUT2D eigenvalue weighted by Gasteiger charge is -2.15. The number of pyridine rings is 1. The van der Waals surface area contributed by atoms with Crippen molar-refractivity contribution < 1.29 is 14.2 Å². The topological polar surface area (TPSA) is 111 Å². The third-order valence-electron chi connectivity index (χ3n) is 4.70. The molecule has 0 amide bonds. The van der Waals surface area contributed by atoms with E-state index >= 15 is 0 Å². The molecule has 10 heteroatoms. The smallest absolute Gasteiger partial charge is 0.306 e. The zero-order chi connectivity index (χ0) is 20.9. The first-order valence-electron chi connectivity index (χ1n) is 8.87. The highest BCUT2D eigenvalue weighted by molar-refractivity contribution is 7.17. The molecule has 0 spiro atoms. The van der Waals surface area contributed by atoms with E-state index in [0.29, 0.717) is 49.8 Å². The monoisotopic (exact) mass is 416 g/mol. The summed E-state index contributed by atoms with van der Waals surface area (Å²) < 4.78 is 18.6. The third-order valence-corrected chi connectivity index (χ3v) is 5.58. The van der Waals surface area contributed by atoms with Gasteiger partial charge in [0.2, 0.25) is 5.75 Å². The molecule has 0 fully saturated rings. The zero-order valence-electron chi connectivity index (χ0n) is 16.6. The van der Waals surface area contributed by atoms with Gasteiger partial charge in [0.15, 0.2) is 22.8 Å². The standard InChI is InChI=1S/C19H20N4O5S/c1-8(2)23-17-13(18(24)22-23)12(15-16(20-17)21-19(25)29-15)9-6-10(26-3)14(28-5)11(7-9)27-4/h6-8H,1-5H3,(H,22,24)(H,20,21,25). The fourth-order valence-corrected chi connectivity index (χ4v) is 4.29. The molecular formula is C19H20N4O5S. The molecule has 4 aromatic rings. The first kappa shape index (κ1) is 19.1. The van der Waals surface area contributed by atoms with Crippen LogP contribution >= 0.6 is 11.3 Å². The molecule has 0 aliphatic carbocycles. The number of rotatable bonds is 5. The van der Waals surface area contributed by atoms with Crippen molar-refractivity contribution >= 4 is 32.7 Å². The first-order chi connectivity index (χ1) is 13.9. The molecule has 152 valence electrons. The molecule has 0 unspecified atom stereocenters. The summed E-state index contributed by atoms with van der Waals surface area (Å²) in [5.41, 5.74) is 1.85. The number of hydrogen-bond acceptors (Lipinski definition) is 7. The van der Waals surface area contributed by atoms with Gasteiger partial charge in [-0.25, -0.2) is 4.98 Å². The van der Waals surface area contributed by atoms with Crippen LogP contribution in [0.15, 0.2) is 21.7 Å². The molecule has 0 saturated heterocycles. The number of nitrogens with one attached hydrogen (secondary N) is 2. The van der Waals surface area contributed by atoms with E-state index < -0.39 is 0 Å². The fourth-order valence-electron chi connectivity index (χ4n) is 3.44. The summed E-state index contributed by atoms with van der Waals surface area (Å²) >= 11 is 1.00. The number of ether oxygens (including phenoxy) is 3. The Balaban J connectivity index is 2.20. The van der Waals surface area contributed by atoms with Gasteiger partial charge in [-0.1, -0.05) is 11.3 Å². The second-order valence-corrected chi connectivity index (χ2v) is 7.68. The maximum Gasteiger partial charge on any atom is 0.306 e.